The Morgan fingerprint density at radius 1 is 1.32 bits per heavy atom. The first-order valence-corrected chi connectivity index (χ1v) is 6.11. The van der Waals surface area contributed by atoms with Crippen molar-refractivity contribution < 1.29 is 9.53 Å². The molecule has 0 spiro atoms. The third-order valence-electron chi connectivity index (χ3n) is 2.51. The van der Waals surface area contributed by atoms with Crippen LogP contribution < -0.4 is 5.32 Å². The number of nitrogens with one attached hydrogen (secondary N) is 1. The molecule has 1 heterocycles. The van der Waals surface area contributed by atoms with Crippen LogP contribution in [0.25, 0.3) is 0 Å². The van der Waals surface area contributed by atoms with Gasteiger partial charge in [-0.3, -0.25) is 4.68 Å². The van der Waals surface area contributed by atoms with Gasteiger partial charge in [0.2, 0.25) is 0 Å². The molecule has 0 aliphatic carbocycles. The molecular weight excluding hydrogens is 244 g/mol. The van der Waals surface area contributed by atoms with Crippen LogP contribution in [0.2, 0.25) is 0 Å². The van der Waals surface area contributed by atoms with Crippen molar-refractivity contribution in [2.75, 3.05) is 6.54 Å². The van der Waals surface area contributed by atoms with Crippen LogP contribution in [-0.4, -0.2) is 27.4 Å². The minimum Gasteiger partial charge on any atom is -0.445 e. The molecule has 6 nitrogen and oxygen atoms in total. The van der Waals surface area contributed by atoms with E-state index < -0.39 is 6.09 Å². The lowest BCUT2D eigenvalue weighted by atomic mass is 10.2. The fraction of sp³-hybridized carbons (Fsp3) is 0.308. The molecule has 0 aliphatic heterocycles. The van der Waals surface area contributed by atoms with Crippen LogP contribution in [0.15, 0.2) is 43.0 Å². The van der Waals surface area contributed by atoms with E-state index in [1.165, 1.54) is 6.33 Å². The Hall–Kier alpha value is -2.37. The maximum Gasteiger partial charge on any atom is 0.407 e. The summed E-state index contributed by atoms with van der Waals surface area (Å²) in [6, 6.07) is 9.58. The zero-order chi connectivity index (χ0) is 13.3. The molecule has 1 N–H and O–H groups in total. The average Bonchev–Trinajstić information content (AvgIpc) is 2.96. The van der Waals surface area contributed by atoms with Gasteiger partial charge in [-0.2, -0.15) is 5.10 Å². The summed E-state index contributed by atoms with van der Waals surface area (Å²) in [5.74, 6) is 0. The van der Waals surface area contributed by atoms with Gasteiger partial charge in [-0.1, -0.05) is 30.3 Å². The smallest absolute Gasteiger partial charge is 0.407 e. The number of carbonyl (C=O) groups excluding carboxylic acids is 1. The second-order valence-electron chi connectivity index (χ2n) is 4.00. The molecule has 0 saturated heterocycles. The van der Waals surface area contributed by atoms with Gasteiger partial charge in [0.1, 0.15) is 19.3 Å². The van der Waals surface area contributed by atoms with Crippen molar-refractivity contribution in [2.24, 2.45) is 0 Å². The van der Waals surface area contributed by atoms with E-state index in [0.717, 1.165) is 18.5 Å². The number of hydrogen-bond acceptors (Lipinski definition) is 4. The van der Waals surface area contributed by atoms with Crippen LogP contribution in [0.3, 0.4) is 0 Å². The van der Waals surface area contributed by atoms with Gasteiger partial charge in [0, 0.05) is 13.1 Å². The summed E-state index contributed by atoms with van der Waals surface area (Å²) in [4.78, 5) is 15.2. The summed E-state index contributed by atoms with van der Waals surface area (Å²) in [7, 11) is 0. The van der Waals surface area contributed by atoms with Crippen LogP contribution in [0.4, 0.5) is 4.79 Å². The zero-order valence-corrected chi connectivity index (χ0v) is 10.5. The van der Waals surface area contributed by atoms with Crippen molar-refractivity contribution in [1.29, 1.82) is 0 Å². The van der Waals surface area contributed by atoms with Crippen LogP contribution >= 0.6 is 0 Å². The second kappa shape index (κ2) is 7.15. The first kappa shape index (κ1) is 13.1. The van der Waals surface area contributed by atoms with E-state index >= 15 is 0 Å². The molecule has 1 amide bonds. The summed E-state index contributed by atoms with van der Waals surface area (Å²) < 4.78 is 6.80. The molecule has 0 radical (unpaired) electrons. The van der Waals surface area contributed by atoms with Crippen LogP contribution in [0.1, 0.15) is 12.0 Å². The number of ether oxygens (including phenoxy) is 1. The molecule has 0 unspecified atom stereocenters. The first-order valence-electron chi connectivity index (χ1n) is 6.11. The first-order chi connectivity index (χ1) is 9.34. The number of benzene rings is 1. The van der Waals surface area contributed by atoms with Gasteiger partial charge >= 0.3 is 6.09 Å². The van der Waals surface area contributed by atoms with Gasteiger partial charge in [0.15, 0.2) is 0 Å². The molecular formula is C13H16N4O2. The number of aromatic nitrogens is 3. The molecule has 100 valence electrons. The Balaban J connectivity index is 1.57. The van der Waals surface area contributed by atoms with E-state index in [1.807, 2.05) is 30.3 Å². The Morgan fingerprint density at radius 2 is 2.16 bits per heavy atom. The summed E-state index contributed by atoms with van der Waals surface area (Å²) >= 11 is 0. The number of nitrogens with zero attached hydrogens (tertiary/aromatic N) is 3. The molecule has 2 aromatic rings. The molecule has 1 aromatic carbocycles. The molecule has 0 atom stereocenters. The molecule has 1 aromatic heterocycles. The van der Waals surface area contributed by atoms with E-state index in [0.29, 0.717) is 6.54 Å². The third kappa shape index (κ3) is 4.79. The zero-order valence-electron chi connectivity index (χ0n) is 10.5. The maximum atomic E-state index is 11.4. The highest BCUT2D eigenvalue weighted by Gasteiger charge is 2.01. The molecule has 0 saturated carbocycles. The normalized spacial score (nSPS) is 10.1. The van der Waals surface area contributed by atoms with E-state index in [-0.39, 0.29) is 6.61 Å². The number of carbonyl (C=O) groups is 1. The predicted molar refractivity (Wildman–Crippen MR) is 69.3 cm³/mol. The Kier molecular flexibility index (Phi) is 4.92. The topological polar surface area (TPSA) is 69.0 Å². The highest BCUT2D eigenvalue weighted by atomic mass is 16.5. The fourth-order valence-electron chi connectivity index (χ4n) is 1.55. The Labute approximate surface area is 111 Å². The lowest BCUT2D eigenvalue weighted by Crippen LogP contribution is -2.26. The third-order valence-corrected chi connectivity index (χ3v) is 2.51. The molecule has 0 aliphatic rings. The lowest BCUT2D eigenvalue weighted by Gasteiger charge is -2.07. The molecule has 0 fully saturated rings. The van der Waals surface area contributed by atoms with Crippen LogP contribution in [-0.2, 0) is 17.9 Å². The molecule has 2 rings (SSSR count). The maximum absolute atomic E-state index is 11.4. The number of amides is 1. The molecule has 0 bridgehead atoms. The Morgan fingerprint density at radius 3 is 2.89 bits per heavy atom. The number of aryl methyl sites for hydroxylation is 1. The van der Waals surface area contributed by atoms with Gasteiger partial charge in [-0.25, -0.2) is 9.78 Å². The van der Waals surface area contributed by atoms with Gasteiger partial charge in [0.25, 0.3) is 0 Å². The van der Waals surface area contributed by atoms with E-state index in [4.69, 9.17) is 4.74 Å². The van der Waals surface area contributed by atoms with E-state index in [9.17, 15) is 4.79 Å². The van der Waals surface area contributed by atoms with Gasteiger partial charge in [-0.05, 0) is 12.0 Å². The summed E-state index contributed by atoms with van der Waals surface area (Å²) in [6.07, 6.45) is 3.52. The predicted octanol–water partition coefficient (Wildman–Crippen LogP) is 1.59. The SMILES string of the molecule is O=C(NCCCn1cncn1)OCc1ccccc1. The molecule has 19 heavy (non-hydrogen) atoms. The standard InChI is InChI=1S/C13H16N4O2/c18-13(19-9-12-5-2-1-3-6-12)15-7-4-8-17-11-14-10-16-17/h1-3,5-6,10-11H,4,7-9H2,(H,15,18). The summed E-state index contributed by atoms with van der Waals surface area (Å²) in [5, 5.41) is 6.66. The highest BCUT2D eigenvalue weighted by molar-refractivity contribution is 5.67. The van der Waals surface area contributed by atoms with Crippen molar-refractivity contribution in [2.45, 2.75) is 19.6 Å². The summed E-state index contributed by atoms with van der Waals surface area (Å²) in [5.41, 5.74) is 0.972. The fourth-order valence-corrected chi connectivity index (χ4v) is 1.55. The van der Waals surface area contributed by atoms with Crippen molar-refractivity contribution in [1.82, 2.24) is 20.1 Å². The summed E-state index contributed by atoms with van der Waals surface area (Å²) in [6.45, 7) is 1.56. The number of rotatable bonds is 6. The van der Waals surface area contributed by atoms with Crippen LogP contribution in [0.5, 0.6) is 0 Å². The van der Waals surface area contributed by atoms with E-state index in [2.05, 4.69) is 15.4 Å². The van der Waals surface area contributed by atoms with Gasteiger partial charge in [-0.15, -0.1) is 0 Å². The van der Waals surface area contributed by atoms with Crippen molar-refractivity contribution in [3.63, 3.8) is 0 Å². The van der Waals surface area contributed by atoms with Crippen molar-refractivity contribution in [3.05, 3.63) is 48.5 Å². The van der Waals surface area contributed by atoms with Gasteiger partial charge in [0.05, 0.1) is 0 Å². The number of alkyl carbamates (subject to hydrolysis) is 1. The van der Waals surface area contributed by atoms with Crippen molar-refractivity contribution in [3.8, 4) is 0 Å². The monoisotopic (exact) mass is 260 g/mol. The Bertz CT molecular complexity index is 485. The second-order valence-corrected chi connectivity index (χ2v) is 4.00. The minimum atomic E-state index is -0.401. The molecule has 6 heteroatoms. The van der Waals surface area contributed by atoms with Crippen molar-refractivity contribution >= 4 is 6.09 Å². The lowest BCUT2D eigenvalue weighted by molar-refractivity contribution is 0.139. The minimum absolute atomic E-state index is 0.287. The quantitative estimate of drug-likeness (QED) is 0.801. The van der Waals surface area contributed by atoms with Gasteiger partial charge < -0.3 is 10.1 Å². The van der Waals surface area contributed by atoms with Crippen LogP contribution in [0, 0.1) is 0 Å². The largest absolute Gasteiger partial charge is 0.445 e. The highest BCUT2D eigenvalue weighted by Crippen LogP contribution is 2.00. The van der Waals surface area contributed by atoms with E-state index in [1.54, 1.807) is 11.0 Å². The number of hydrogen-bond donors (Lipinski definition) is 1. The average molecular weight is 260 g/mol.